The number of anilines is 3. The standard InChI is InChI=1S/C41H34N4O2/c1-41(2,3)26-20-21-42-38(22-26)45-34-14-7-5-12-30(34)31-17-16-29(24-36(31)45)46-28-11-9-10-27(23-28)44-25-43(4)39-35(44)19-18-33-32-13-6-8-15-37(32)47-40(33)39/h5-24H,25H2,1-4H3. The monoisotopic (exact) mass is 614 g/mol. The number of nitrogens with zero attached hydrogens (tertiary/aromatic N) is 4. The average molecular weight is 615 g/mol. The lowest BCUT2D eigenvalue weighted by molar-refractivity contribution is 0.483. The third-order valence-corrected chi connectivity index (χ3v) is 9.38. The molecule has 0 saturated heterocycles. The molecule has 8 aromatic rings. The van der Waals surface area contributed by atoms with Gasteiger partial charge in [0.05, 0.1) is 23.4 Å². The highest BCUT2D eigenvalue weighted by Gasteiger charge is 2.29. The summed E-state index contributed by atoms with van der Waals surface area (Å²) in [6.07, 6.45) is 1.91. The van der Waals surface area contributed by atoms with E-state index < -0.39 is 0 Å². The number of aromatic nitrogens is 2. The average Bonchev–Trinajstić information content (AvgIpc) is 3.73. The molecular weight excluding hydrogens is 580 g/mol. The Labute approximate surface area is 273 Å². The van der Waals surface area contributed by atoms with Gasteiger partial charge in [0.2, 0.25) is 0 Å². The highest BCUT2D eigenvalue weighted by Crippen LogP contribution is 2.47. The Morgan fingerprint density at radius 2 is 1.47 bits per heavy atom. The first-order chi connectivity index (χ1) is 22.8. The van der Waals surface area contributed by atoms with E-state index in [1.54, 1.807) is 0 Å². The first-order valence-electron chi connectivity index (χ1n) is 16.0. The second-order valence-electron chi connectivity index (χ2n) is 13.5. The first kappa shape index (κ1) is 27.6. The summed E-state index contributed by atoms with van der Waals surface area (Å²) in [5, 5.41) is 4.63. The molecule has 3 aromatic heterocycles. The molecule has 0 N–H and O–H groups in total. The fourth-order valence-corrected chi connectivity index (χ4v) is 7.05. The lowest BCUT2D eigenvalue weighted by Gasteiger charge is -2.20. The molecule has 5 aromatic carbocycles. The Hall–Kier alpha value is -5.75. The van der Waals surface area contributed by atoms with Gasteiger partial charge in [0, 0.05) is 52.6 Å². The highest BCUT2D eigenvalue weighted by molar-refractivity contribution is 6.13. The molecular formula is C41H34N4O2. The lowest BCUT2D eigenvalue weighted by atomic mass is 9.88. The molecule has 0 amide bonds. The molecule has 47 heavy (non-hydrogen) atoms. The van der Waals surface area contributed by atoms with Gasteiger partial charge in [-0.15, -0.1) is 0 Å². The van der Waals surface area contributed by atoms with Crippen LogP contribution in [-0.4, -0.2) is 23.3 Å². The number of pyridine rings is 1. The van der Waals surface area contributed by atoms with Crippen molar-refractivity contribution in [2.24, 2.45) is 0 Å². The maximum absolute atomic E-state index is 6.58. The van der Waals surface area contributed by atoms with Crippen LogP contribution in [0.5, 0.6) is 11.5 Å². The van der Waals surface area contributed by atoms with Crippen LogP contribution in [0.25, 0.3) is 49.6 Å². The normalized spacial score (nSPS) is 13.4. The SMILES string of the molecule is CN1CN(c2cccc(Oc3ccc4c5ccccc5n(-c5cc(C(C)(C)C)ccn5)c4c3)c2)c2ccc3c(oc4ccccc43)c21. The number of fused-ring (bicyclic) bond motifs is 8. The lowest BCUT2D eigenvalue weighted by Crippen LogP contribution is -2.23. The fourth-order valence-electron chi connectivity index (χ4n) is 7.05. The first-order valence-corrected chi connectivity index (χ1v) is 16.0. The van der Waals surface area contributed by atoms with Crippen molar-refractivity contribution in [1.29, 1.82) is 0 Å². The summed E-state index contributed by atoms with van der Waals surface area (Å²) in [5.74, 6) is 2.45. The van der Waals surface area contributed by atoms with Crippen molar-refractivity contribution < 1.29 is 9.15 Å². The van der Waals surface area contributed by atoms with E-state index in [-0.39, 0.29) is 5.41 Å². The summed E-state index contributed by atoms with van der Waals surface area (Å²) in [6.45, 7) is 7.41. The molecule has 1 aliphatic heterocycles. The number of ether oxygens (including phenoxy) is 1. The summed E-state index contributed by atoms with van der Waals surface area (Å²) in [5.41, 5.74) is 8.55. The Morgan fingerprint density at radius 1 is 0.702 bits per heavy atom. The molecule has 0 aliphatic carbocycles. The zero-order chi connectivity index (χ0) is 31.9. The van der Waals surface area contributed by atoms with Crippen LogP contribution < -0.4 is 14.5 Å². The van der Waals surface area contributed by atoms with Crippen LogP contribution in [0.15, 0.2) is 126 Å². The summed E-state index contributed by atoms with van der Waals surface area (Å²) < 4.78 is 15.2. The summed E-state index contributed by atoms with van der Waals surface area (Å²) >= 11 is 0. The van der Waals surface area contributed by atoms with Gasteiger partial charge in [-0.3, -0.25) is 4.57 Å². The smallest absolute Gasteiger partial charge is 0.160 e. The van der Waals surface area contributed by atoms with Crippen LogP contribution in [0.3, 0.4) is 0 Å². The molecule has 4 heterocycles. The Morgan fingerprint density at radius 3 is 2.34 bits per heavy atom. The second kappa shape index (κ2) is 10.1. The highest BCUT2D eigenvalue weighted by atomic mass is 16.5. The van der Waals surface area contributed by atoms with E-state index in [0.29, 0.717) is 6.67 Å². The molecule has 9 rings (SSSR count). The number of benzene rings is 5. The van der Waals surface area contributed by atoms with E-state index in [2.05, 4.69) is 139 Å². The summed E-state index contributed by atoms with van der Waals surface area (Å²) in [7, 11) is 2.12. The van der Waals surface area contributed by atoms with Crippen molar-refractivity contribution in [2.45, 2.75) is 26.2 Å². The fraction of sp³-hybridized carbons (Fsp3) is 0.146. The van der Waals surface area contributed by atoms with E-state index in [1.807, 2.05) is 24.4 Å². The molecule has 0 atom stereocenters. The van der Waals surface area contributed by atoms with E-state index >= 15 is 0 Å². The van der Waals surface area contributed by atoms with Crippen LogP contribution in [0.4, 0.5) is 17.1 Å². The largest absolute Gasteiger partial charge is 0.457 e. The van der Waals surface area contributed by atoms with Gasteiger partial charge >= 0.3 is 0 Å². The van der Waals surface area contributed by atoms with E-state index in [0.717, 1.165) is 67.4 Å². The van der Waals surface area contributed by atoms with Crippen molar-refractivity contribution in [2.75, 3.05) is 23.5 Å². The van der Waals surface area contributed by atoms with Crippen LogP contribution in [0, 0.1) is 0 Å². The predicted molar refractivity (Wildman–Crippen MR) is 193 cm³/mol. The van der Waals surface area contributed by atoms with E-state index in [9.17, 15) is 0 Å². The number of hydrogen-bond acceptors (Lipinski definition) is 5. The van der Waals surface area contributed by atoms with Crippen LogP contribution in [-0.2, 0) is 5.41 Å². The third-order valence-electron chi connectivity index (χ3n) is 9.38. The van der Waals surface area contributed by atoms with Crippen LogP contribution in [0.1, 0.15) is 26.3 Å². The molecule has 1 aliphatic rings. The van der Waals surface area contributed by atoms with Crippen molar-refractivity contribution in [1.82, 2.24) is 9.55 Å². The molecule has 0 radical (unpaired) electrons. The topological polar surface area (TPSA) is 46.7 Å². The summed E-state index contributed by atoms with van der Waals surface area (Å²) in [4.78, 5) is 9.39. The molecule has 0 unspecified atom stereocenters. The maximum Gasteiger partial charge on any atom is 0.160 e. The van der Waals surface area contributed by atoms with E-state index in [1.165, 1.54) is 16.3 Å². The molecule has 0 saturated carbocycles. The second-order valence-corrected chi connectivity index (χ2v) is 13.5. The van der Waals surface area contributed by atoms with Crippen molar-refractivity contribution in [3.8, 4) is 17.3 Å². The van der Waals surface area contributed by atoms with Crippen molar-refractivity contribution >= 4 is 60.8 Å². The van der Waals surface area contributed by atoms with E-state index in [4.69, 9.17) is 14.1 Å². The van der Waals surface area contributed by atoms with Gasteiger partial charge in [0.25, 0.3) is 0 Å². The number of furan rings is 1. The van der Waals surface area contributed by atoms with Gasteiger partial charge in [-0.25, -0.2) is 4.98 Å². The molecule has 0 fully saturated rings. The Balaban J connectivity index is 1.10. The molecule has 6 heteroatoms. The van der Waals surface area contributed by atoms with Crippen LogP contribution >= 0.6 is 0 Å². The van der Waals surface area contributed by atoms with Gasteiger partial charge in [-0.1, -0.05) is 63.2 Å². The van der Waals surface area contributed by atoms with Gasteiger partial charge in [0.1, 0.15) is 28.6 Å². The minimum Gasteiger partial charge on any atom is -0.457 e. The molecule has 230 valence electrons. The zero-order valence-corrected chi connectivity index (χ0v) is 26.9. The Bertz CT molecular complexity index is 2500. The number of hydrogen-bond donors (Lipinski definition) is 0. The quantitative estimate of drug-likeness (QED) is 0.197. The maximum atomic E-state index is 6.58. The third kappa shape index (κ3) is 4.36. The van der Waals surface area contributed by atoms with Gasteiger partial charge in [-0.2, -0.15) is 0 Å². The molecule has 0 spiro atoms. The van der Waals surface area contributed by atoms with Crippen molar-refractivity contribution in [3.63, 3.8) is 0 Å². The molecule has 6 nitrogen and oxygen atoms in total. The minimum atomic E-state index is 0.0124. The summed E-state index contributed by atoms with van der Waals surface area (Å²) in [6, 6.07) is 40.1. The molecule has 0 bridgehead atoms. The Kier molecular flexibility index (Phi) is 5.94. The van der Waals surface area contributed by atoms with Crippen LogP contribution in [0.2, 0.25) is 0 Å². The van der Waals surface area contributed by atoms with Gasteiger partial charge in [0.15, 0.2) is 5.58 Å². The zero-order valence-electron chi connectivity index (χ0n) is 26.9. The van der Waals surface area contributed by atoms with Gasteiger partial charge in [-0.05, 0) is 71.6 Å². The minimum absolute atomic E-state index is 0.0124. The van der Waals surface area contributed by atoms with Gasteiger partial charge < -0.3 is 19.0 Å². The number of rotatable bonds is 4. The number of para-hydroxylation sites is 2. The van der Waals surface area contributed by atoms with Crippen molar-refractivity contribution in [3.05, 3.63) is 127 Å². The predicted octanol–water partition coefficient (Wildman–Crippen LogP) is 10.7.